The molecule has 18 nitrogen and oxygen atoms in total. The lowest BCUT2D eigenvalue weighted by Gasteiger charge is -2.56. The number of esters is 1. The van der Waals surface area contributed by atoms with E-state index in [1.807, 2.05) is 0 Å². The van der Waals surface area contributed by atoms with Crippen LogP contribution < -0.4 is 0 Å². The van der Waals surface area contributed by atoms with Gasteiger partial charge in [-0.15, -0.1) is 0 Å². The van der Waals surface area contributed by atoms with E-state index >= 15 is 0 Å². The van der Waals surface area contributed by atoms with Crippen molar-refractivity contribution in [3.8, 4) is 0 Å². The van der Waals surface area contributed by atoms with Crippen molar-refractivity contribution < 1.29 is 89.8 Å². The van der Waals surface area contributed by atoms with Crippen LogP contribution in [-0.2, 0) is 28.5 Å². The third kappa shape index (κ3) is 5.90. The van der Waals surface area contributed by atoms with Gasteiger partial charge < -0.3 is 80.2 Å². The van der Waals surface area contributed by atoms with E-state index in [0.29, 0.717) is 0 Å². The SMILES string of the molecule is O=C(O)CC(=O)OC[C@H]1OC(C2O[C@H](CO)[C@@H](O)[C@H](O)[C@H]2O)[C@H](O)[C@](O)(C2O[C@H](CO)[C@@H](O)[C@H](O)[C@H]2O)C1O. The van der Waals surface area contributed by atoms with Gasteiger partial charge in [0.25, 0.3) is 0 Å². The van der Waals surface area contributed by atoms with E-state index in [2.05, 4.69) is 0 Å². The predicted octanol–water partition coefficient (Wildman–Crippen LogP) is -8.09. The predicted molar refractivity (Wildman–Crippen MR) is 116 cm³/mol. The molecule has 0 aromatic rings. The summed E-state index contributed by atoms with van der Waals surface area (Å²) < 4.78 is 21.0. The summed E-state index contributed by atoms with van der Waals surface area (Å²) in [6.07, 6.45) is -29.0. The molecule has 0 spiro atoms. The number of carboxylic acids is 1. The number of carboxylic acid groups (broad SMARTS) is 1. The number of ether oxygens (including phenoxy) is 4. The lowest BCUT2D eigenvalue weighted by atomic mass is 9.71. The van der Waals surface area contributed by atoms with Gasteiger partial charge in [0.15, 0.2) is 5.60 Å². The van der Waals surface area contributed by atoms with Crippen LogP contribution in [0.2, 0.25) is 0 Å². The molecule has 0 bridgehead atoms. The van der Waals surface area contributed by atoms with Crippen molar-refractivity contribution >= 4 is 11.9 Å². The van der Waals surface area contributed by atoms with Crippen LogP contribution in [0.1, 0.15) is 6.42 Å². The number of hydrogen-bond acceptors (Lipinski definition) is 17. The molecular formula is C21H34O18. The van der Waals surface area contributed by atoms with Crippen molar-refractivity contribution in [1.82, 2.24) is 0 Å². The third-order valence-electron chi connectivity index (χ3n) is 7.25. The van der Waals surface area contributed by atoms with E-state index in [0.717, 1.165) is 0 Å². The van der Waals surface area contributed by atoms with Crippen LogP contribution in [0.15, 0.2) is 0 Å². The Hall–Kier alpha value is -1.62. The molecular weight excluding hydrogens is 540 g/mol. The molecule has 0 amide bonds. The lowest BCUT2D eigenvalue weighted by molar-refractivity contribution is -0.362. The van der Waals surface area contributed by atoms with Crippen LogP contribution in [0, 0.1) is 0 Å². The normalized spacial score (nSPS) is 48.9. The summed E-state index contributed by atoms with van der Waals surface area (Å²) in [4.78, 5) is 22.5. The van der Waals surface area contributed by atoms with Gasteiger partial charge in [0, 0.05) is 0 Å². The fourth-order valence-electron chi connectivity index (χ4n) is 5.05. The molecule has 0 aromatic heterocycles. The van der Waals surface area contributed by atoms with E-state index in [4.69, 9.17) is 24.1 Å². The highest BCUT2D eigenvalue weighted by Crippen LogP contribution is 2.41. The Kier molecular flexibility index (Phi) is 10.2. The van der Waals surface area contributed by atoms with Gasteiger partial charge in [0.05, 0.1) is 13.2 Å². The summed E-state index contributed by atoms with van der Waals surface area (Å²) in [5.74, 6) is -2.86. The monoisotopic (exact) mass is 574 g/mol. The van der Waals surface area contributed by atoms with Crippen molar-refractivity contribution in [2.75, 3.05) is 19.8 Å². The van der Waals surface area contributed by atoms with Gasteiger partial charge >= 0.3 is 11.9 Å². The molecule has 0 radical (unpaired) electrons. The summed E-state index contributed by atoms with van der Waals surface area (Å²) in [6.45, 7) is -2.82. The minimum Gasteiger partial charge on any atom is -0.481 e. The molecule has 3 saturated heterocycles. The first-order chi connectivity index (χ1) is 18.2. The number of aliphatic carboxylic acids is 1. The Labute approximate surface area is 219 Å². The maximum Gasteiger partial charge on any atom is 0.317 e. The molecule has 12 N–H and O–H groups in total. The van der Waals surface area contributed by atoms with Gasteiger partial charge in [-0.25, -0.2) is 0 Å². The molecule has 226 valence electrons. The van der Waals surface area contributed by atoms with E-state index in [9.17, 15) is 65.8 Å². The molecule has 0 aliphatic carbocycles. The number of rotatable bonds is 8. The maximum absolute atomic E-state index is 11.8. The van der Waals surface area contributed by atoms with E-state index < -0.39 is 129 Å². The van der Waals surface area contributed by atoms with E-state index in [-0.39, 0.29) is 0 Å². The fraction of sp³-hybridized carbons (Fsp3) is 0.905. The third-order valence-corrected chi connectivity index (χ3v) is 7.25. The molecule has 39 heavy (non-hydrogen) atoms. The molecule has 18 heteroatoms. The highest BCUT2D eigenvalue weighted by atomic mass is 16.6. The quantitative estimate of drug-likeness (QED) is 0.0945. The second kappa shape index (κ2) is 12.5. The first-order valence-electron chi connectivity index (χ1n) is 11.9. The minimum atomic E-state index is -3.11. The van der Waals surface area contributed by atoms with Crippen molar-refractivity contribution in [3.05, 3.63) is 0 Å². The summed E-state index contributed by atoms with van der Waals surface area (Å²) in [6, 6.07) is 0. The number of aliphatic hydroxyl groups is 11. The average Bonchev–Trinajstić information content (AvgIpc) is 2.89. The summed E-state index contributed by atoms with van der Waals surface area (Å²) in [5.41, 5.74) is -3.11. The molecule has 3 fully saturated rings. The smallest absolute Gasteiger partial charge is 0.317 e. The van der Waals surface area contributed by atoms with Gasteiger partial charge in [-0.2, -0.15) is 0 Å². The standard InChI is InChI=1S/C21H34O18/c22-2-5-10(27)12(29)14(31)16(37-5)17-19(34)21(35,20-15(32)13(30)11(28)6(3-23)39-20)18(33)7(38-17)4-36-9(26)1-8(24)25/h5-7,10-20,22-23,27-35H,1-4H2,(H,24,25)/t5-,6-,7-,10-,11-,12+,13+,14-,15-,16?,17?,18?,19+,20?,21+/m1/s1. The molecule has 3 aliphatic heterocycles. The summed E-state index contributed by atoms with van der Waals surface area (Å²) >= 11 is 0. The number of hydrogen-bond donors (Lipinski definition) is 12. The number of carbonyl (C=O) groups excluding carboxylic acids is 1. The topological polar surface area (TPSA) is 314 Å². The van der Waals surface area contributed by atoms with Crippen molar-refractivity contribution in [3.63, 3.8) is 0 Å². The molecule has 4 unspecified atom stereocenters. The average molecular weight is 574 g/mol. The highest BCUT2D eigenvalue weighted by molar-refractivity contribution is 5.90. The molecule has 15 atom stereocenters. The fourth-order valence-corrected chi connectivity index (χ4v) is 5.05. The summed E-state index contributed by atoms with van der Waals surface area (Å²) in [7, 11) is 0. The second-order valence-corrected chi connectivity index (χ2v) is 9.71. The Balaban J connectivity index is 2.01. The van der Waals surface area contributed by atoms with E-state index in [1.54, 1.807) is 0 Å². The van der Waals surface area contributed by atoms with Crippen LogP contribution >= 0.6 is 0 Å². The minimum absolute atomic E-state index is 0.889. The van der Waals surface area contributed by atoms with Crippen molar-refractivity contribution in [2.45, 2.75) is 97.5 Å². The molecule has 0 aromatic carbocycles. The molecule has 3 heterocycles. The van der Waals surface area contributed by atoms with Gasteiger partial charge in [0.2, 0.25) is 0 Å². The Morgan fingerprint density at radius 2 is 1.18 bits per heavy atom. The van der Waals surface area contributed by atoms with Crippen LogP contribution in [0.25, 0.3) is 0 Å². The van der Waals surface area contributed by atoms with Crippen LogP contribution in [0.3, 0.4) is 0 Å². The molecule has 0 saturated carbocycles. The first kappa shape index (κ1) is 31.9. The largest absolute Gasteiger partial charge is 0.481 e. The lowest BCUT2D eigenvalue weighted by Crippen LogP contribution is -2.79. The Morgan fingerprint density at radius 1 is 0.667 bits per heavy atom. The van der Waals surface area contributed by atoms with Crippen molar-refractivity contribution in [2.24, 2.45) is 0 Å². The van der Waals surface area contributed by atoms with Gasteiger partial charge in [0.1, 0.15) is 98.5 Å². The van der Waals surface area contributed by atoms with Crippen LogP contribution in [0.4, 0.5) is 0 Å². The zero-order valence-corrected chi connectivity index (χ0v) is 20.2. The maximum atomic E-state index is 11.8. The molecule has 3 rings (SSSR count). The zero-order chi connectivity index (χ0) is 29.4. The number of carbonyl (C=O) groups is 2. The summed E-state index contributed by atoms with van der Waals surface area (Å²) in [5, 5.41) is 123. The van der Waals surface area contributed by atoms with Crippen LogP contribution in [0.5, 0.6) is 0 Å². The van der Waals surface area contributed by atoms with Gasteiger partial charge in [-0.3, -0.25) is 9.59 Å². The van der Waals surface area contributed by atoms with Crippen LogP contribution in [-0.4, -0.2) is 184 Å². The Bertz CT molecular complexity index is 855. The zero-order valence-electron chi connectivity index (χ0n) is 20.2. The van der Waals surface area contributed by atoms with Crippen molar-refractivity contribution in [1.29, 1.82) is 0 Å². The van der Waals surface area contributed by atoms with E-state index in [1.165, 1.54) is 0 Å². The Morgan fingerprint density at radius 3 is 1.72 bits per heavy atom. The second-order valence-electron chi connectivity index (χ2n) is 9.71. The highest BCUT2D eigenvalue weighted by Gasteiger charge is 2.66. The van der Waals surface area contributed by atoms with Gasteiger partial charge in [-0.1, -0.05) is 0 Å². The number of aliphatic hydroxyl groups excluding tert-OH is 10. The first-order valence-corrected chi connectivity index (χ1v) is 11.9. The molecule has 3 aliphatic rings. The van der Waals surface area contributed by atoms with Gasteiger partial charge in [-0.05, 0) is 0 Å².